The van der Waals surface area contributed by atoms with E-state index in [1.54, 1.807) is 23.1 Å². The summed E-state index contributed by atoms with van der Waals surface area (Å²) in [5.74, 6) is 1.35. The predicted molar refractivity (Wildman–Crippen MR) is 83.9 cm³/mol. The van der Waals surface area contributed by atoms with Gasteiger partial charge < -0.3 is 14.7 Å². The van der Waals surface area contributed by atoms with Crippen LogP contribution in [-0.4, -0.2) is 23.2 Å². The molecule has 1 heterocycles. The molecule has 0 fully saturated rings. The van der Waals surface area contributed by atoms with Crippen molar-refractivity contribution in [3.05, 3.63) is 18.2 Å². The minimum absolute atomic E-state index is 0.00579. The van der Waals surface area contributed by atoms with E-state index in [1.165, 1.54) is 0 Å². The van der Waals surface area contributed by atoms with E-state index in [1.807, 2.05) is 13.8 Å². The number of carbonyl (C=O) groups excluding carboxylic acids is 1. The Balaban J connectivity index is 2.44. The van der Waals surface area contributed by atoms with Crippen LogP contribution in [-0.2, 0) is 4.79 Å². The van der Waals surface area contributed by atoms with Crippen LogP contribution in [0.5, 0.6) is 11.5 Å². The average Bonchev–Trinajstić information content (AvgIpc) is 2.46. The summed E-state index contributed by atoms with van der Waals surface area (Å²) in [6, 6.07) is 4.97. The molecule has 0 aliphatic carbocycles. The van der Waals surface area contributed by atoms with E-state index in [-0.39, 0.29) is 11.7 Å². The SMILES string of the molecule is CCC1(CC)Oc2ccc(O)cc2N(CCC(C)C)C1=O. The molecule has 1 N–H and O–H groups in total. The molecule has 4 nitrogen and oxygen atoms in total. The lowest BCUT2D eigenvalue weighted by molar-refractivity contribution is -0.136. The van der Waals surface area contributed by atoms with Gasteiger partial charge in [0.1, 0.15) is 11.5 Å². The predicted octanol–water partition coefficient (Wildman–Crippen LogP) is 3.72. The molecule has 4 heteroatoms. The van der Waals surface area contributed by atoms with Gasteiger partial charge in [-0.1, -0.05) is 27.7 Å². The van der Waals surface area contributed by atoms with Gasteiger partial charge in [-0.25, -0.2) is 0 Å². The maximum atomic E-state index is 12.9. The molecule has 0 spiro atoms. The molecule has 1 aromatic rings. The van der Waals surface area contributed by atoms with Crippen LogP contribution < -0.4 is 9.64 Å². The summed E-state index contributed by atoms with van der Waals surface area (Å²) in [6.07, 6.45) is 2.20. The Morgan fingerprint density at radius 2 is 1.95 bits per heavy atom. The van der Waals surface area contributed by atoms with Crippen LogP contribution in [0.25, 0.3) is 0 Å². The van der Waals surface area contributed by atoms with Gasteiger partial charge in [-0.05, 0) is 37.3 Å². The van der Waals surface area contributed by atoms with Crippen LogP contribution >= 0.6 is 0 Å². The largest absolute Gasteiger partial charge is 0.508 e. The molecule has 116 valence electrons. The first kappa shape index (κ1) is 15.7. The maximum Gasteiger partial charge on any atom is 0.271 e. The van der Waals surface area contributed by atoms with Gasteiger partial charge in [0, 0.05) is 12.6 Å². The number of ether oxygens (including phenoxy) is 1. The quantitative estimate of drug-likeness (QED) is 0.899. The highest BCUT2D eigenvalue weighted by molar-refractivity contribution is 6.03. The topological polar surface area (TPSA) is 49.8 Å². The molecule has 21 heavy (non-hydrogen) atoms. The van der Waals surface area contributed by atoms with E-state index in [0.717, 1.165) is 6.42 Å². The lowest BCUT2D eigenvalue weighted by atomic mass is 9.92. The van der Waals surface area contributed by atoms with Gasteiger partial charge in [0.2, 0.25) is 0 Å². The standard InChI is InChI=1S/C17H25NO3/c1-5-17(6-2)16(20)18(10-9-12(3)4)14-11-13(19)7-8-15(14)21-17/h7-8,11-12,19H,5-6,9-10H2,1-4H3. The van der Waals surface area contributed by atoms with Crippen molar-refractivity contribution in [3.8, 4) is 11.5 Å². The van der Waals surface area contributed by atoms with Crippen molar-refractivity contribution in [2.24, 2.45) is 5.92 Å². The van der Waals surface area contributed by atoms with Crippen LogP contribution in [0.1, 0.15) is 47.0 Å². The number of fused-ring (bicyclic) bond motifs is 1. The number of hydrogen-bond donors (Lipinski definition) is 1. The van der Waals surface area contributed by atoms with E-state index >= 15 is 0 Å². The number of amides is 1. The smallest absolute Gasteiger partial charge is 0.271 e. The van der Waals surface area contributed by atoms with E-state index in [2.05, 4.69) is 13.8 Å². The van der Waals surface area contributed by atoms with Gasteiger partial charge >= 0.3 is 0 Å². The lowest BCUT2D eigenvalue weighted by Gasteiger charge is -2.42. The van der Waals surface area contributed by atoms with Crippen LogP contribution in [0.3, 0.4) is 0 Å². The zero-order valence-electron chi connectivity index (χ0n) is 13.3. The molecule has 0 aromatic heterocycles. The van der Waals surface area contributed by atoms with Crippen molar-refractivity contribution in [1.29, 1.82) is 0 Å². The summed E-state index contributed by atoms with van der Waals surface area (Å²) in [7, 11) is 0. The Hall–Kier alpha value is -1.71. The molecule has 0 atom stereocenters. The molecule has 0 unspecified atom stereocenters. The van der Waals surface area contributed by atoms with Gasteiger partial charge in [0.05, 0.1) is 5.69 Å². The molecule has 1 aliphatic heterocycles. The normalized spacial score (nSPS) is 16.8. The molecular formula is C17H25NO3. The van der Waals surface area contributed by atoms with Crippen LogP contribution in [0.4, 0.5) is 5.69 Å². The van der Waals surface area contributed by atoms with Crippen molar-refractivity contribution in [1.82, 2.24) is 0 Å². The van der Waals surface area contributed by atoms with E-state index in [9.17, 15) is 9.90 Å². The third kappa shape index (κ3) is 2.85. The number of benzene rings is 1. The molecular weight excluding hydrogens is 266 g/mol. The summed E-state index contributed by atoms with van der Waals surface area (Å²) in [5.41, 5.74) is -0.0980. The summed E-state index contributed by atoms with van der Waals surface area (Å²) in [6.45, 7) is 8.89. The van der Waals surface area contributed by atoms with Crippen LogP contribution in [0.15, 0.2) is 18.2 Å². The summed E-state index contributed by atoms with van der Waals surface area (Å²) < 4.78 is 6.02. The Labute approximate surface area is 126 Å². The average molecular weight is 291 g/mol. The number of aromatic hydroxyl groups is 1. The van der Waals surface area contributed by atoms with Crippen LogP contribution in [0, 0.1) is 5.92 Å². The van der Waals surface area contributed by atoms with Crippen molar-refractivity contribution < 1.29 is 14.6 Å². The fourth-order valence-corrected chi connectivity index (χ4v) is 2.72. The first-order chi connectivity index (χ1) is 9.93. The molecule has 0 radical (unpaired) electrons. The molecule has 1 amide bonds. The third-order valence-corrected chi connectivity index (χ3v) is 4.25. The number of phenolic OH excluding ortho intramolecular Hbond substituents is 1. The highest BCUT2D eigenvalue weighted by atomic mass is 16.5. The Bertz CT molecular complexity index is 521. The monoisotopic (exact) mass is 291 g/mol. The highest BCUT2D eigenvalue weighted by Gasteiger charge is 2.45. The van der Waals surface area contributed by atoms with Gasteiger partial charge in [-0.3, -0.25) is 4.79 Å². The fourth-order valence-electron chi connectivity index (χ4n) is 2.72. The minimum atomic E-state index is -0.777. The summed E-state index contributed by atoms with van der Waals surface area (Å²) in [5, 5.41) is 9.72. The minimum Gasteiger partial charge on any atom is -0.508 e. The molecule has 0 saturated heterocycles. The lowest BCUT2D eigenvalue weighted by Crippen LogP contribution is -2.55. The van der Waals surface area contributed by atoms with Gasteiger partial charge in [-0.2, -0.15) is 0 Å². The van der Waals surface area contributed by atoms with Gasteiger partial charge in [0.15, 0.2) is 5.60 Å². The Morgan fingerprint density at radius 3 is 2.52 bits per heavy atom. The molecule has 1 aliphatic rings. The Kier molecular flexibility index (Phi) is 4.45. The number of nitrogens with zero attached hydrogens (tertiary/aromatic N) is 1. The van der Waals surface area contributed by atoms with E-state index in [0.29, 0.717) is 36.7 Å². The van der Waals surface area contributed by atoms with E-state index < -0.39 is 5.60 Å². The van der Waals surface area contributed by atoms with Crippen molar-refractivity contribution in [2.75, 3.05) is 11.4 Å². The number of carbonyl (C=O) groups is 1. The fraction of sp³-hybridized carbons (Fsp3) is 0.588. The summed E-state index contributed by atoms with van der Waals surface area (Å²) >= 11 is 0. The maximum absolute atomic E-state index is 12.9. The molecule has 0 bridgehead atoms. The first-order valence-corrected chi connectivity index (χ1v) is 7.77. The number of phenols is 1. The number of anilines is 1. The third-order valence-electron chi connectivity index (χ3n) is 4.25. The zero-order valence-corrected chi connectivity index (χ0v) is 13.3. The second-order valence-electron chi connectivity index (χ2n) is 6.09. The van der Waals surface area contributed by atoms with E-state index in [4.69, 9.17) is 4.74 Å². The molecule has 0 saturated carbocycles. The van der Waals surface area contributed by atoms with Gasteiger partial charge in [-0.15, -0.1) is 0 Å². The Morgan fingerprint density at radius 1 is 1.29 bits per heavy atom. The first-order valence-electron chi connectivity index (χ1n) is 7.77. The molecule has 2 rings (SSSR count). The van der Waals surface area contributed by atoms with Crippen molar-refractivity contribution in [2.45, 2.75) is 52.6 Å². The number of rotatable bonds is 5. The second-order valence-corrected chi connectivity index (χ2v) is 6.09. The van der Waals surface area contributed by atoms with Crippen molar-refractivity contribution >= 4 is 11.6 Å². The zero-order chi connectivity index (χ0) is 15.6. The van der Waals surface area contributed by atoms with Crippen molar-refractivity contribution in [3.63, 3.8) is 0 Å². The summed E-state index contributed by atoms with van der Waals surface area (Å²) in [4.78, 5) is 14.7. The van der Waals surface area contributed by atoms with Gasteiger partial charge in [0.25, 0.3) is 5.91 Å². The molecule has 1 aromatic carbocycles. The highest BCUT2D eigenvalue weighted by Crippen LogP contribution is 2.42. The van der Waals surface area contributed by atoms with Crippen LogP contribution in [0.2, 0.25) is 0 Å². The second kappa shape index (κ2) is 5.96. The number of hydrogen-bond acceptors (Lipinski definition) is 3.